The average Bonchev–Trinajstić information content (AvgIpc) is 2.56. The summed E-state index contributed by atoms with van der Waals surface area (Å²) >= 11 is 1.57. The molecule has 2 aromatic rings. The van der Waals surface area contributed by atoms with Gasteiger partial charge in [-0.25, -0.2) is 8.78 Å². The van der Waals surface area contributed by atoms with E-state index in [0.29, 0.717) is 5.92 Å². The molecule has 0 aliphatic heterocycles. The van der Waals surface area contributed by atoms with Crippen molar-refractivity contribution in [3.63, 3.8) is 0 Å². The first kappa shape index (κ1) is 20.0. The van der Waals surface area contributed by atoms with Crippen LogP contribution in [0.5, 0.6) is 0 Å². The molecule has 2 aromatic carbocycles. The van der Waals surface area contributed by atoms with E-state index in [4.69, 9.17) is 0 Å². The van der Waals surface area contributed by atoms with Crippen LogP contribution in [-0.2, 0) is 0 Å². The highest BCUT2D eigenvalue weighted by Crippen LogP contribution is 2.31. The van der Waals surface area contributed by atoms with Crippen molar-refractivity contribution in [2.75, 3.05) is 5.75 Å². The van der Waals surface area contributed by atoms with Gasteiger partial charge in [0.05, 0.1) is 0 Å². The predicted molar refractivity (Wildman–Crippen MR) is 105 cm³/mol. The molecule has 0 saturated carbocycles. The Bertz CT molecular complexity index is 707. The van der Waals surface area contributed by atoms with Crippen LogP contribution in [0.3, 0.4) is 0 Å². The molecule has 0 aromatic heterocycles. The smallest absolute Gasteiger partial charge is 0.140 e. The number of benzene rings is 2. The Morgan fingerprint density at radius 3 is 2.20 bits per heavy atom. The summed E-state index contributed by atoms with van der Waals surface area (Å²) in [6.45, 7) is 10.2. The van der Waals surface area contributed by atoms with Gasteiger partial charge in [-0.2, -0.15) is 0 Å². The third-order valence-corrected chi connectivity index (χ3v) is 5.70. The molecular formula is C22H28F2S. The summed E-state index contributed by atoms with van der Waals surface area (Å²) in [5, 5.41) is 0. The van der Waals surface area contributed by atoms with Crippen molar-refractivity contribution in [1.82, 2.24) is 0 Å². The zero-order chi connectivity index (χ0) is 18.6. The highest BCUT2D eigenvalue weighted by atomic mass is 32.2. The second kappa shape index (κ2) is 8.84. The average molecular weight is 363 g/mol. The van der Waals surface area contributed by atoms with Gasteiger partial charge in [0, 0.05) is 4.90 Å². The molecule has 136 valence electrons. The molecule has 25 heavy (non-hydrogen) atoms. The molecule has 0 heterocycles. The summed E-state index contributed by atoms with van der Waals surface area (Å²) in [7, 11) is 0. The molecule has 0 spiro atoms. The van der Waals surface area contributed by atoms with Crippen LogP contribution in [-0.4, -0.2) is 5.75 Å². The van der Waals surface area contributed by atoms with E-state index in [0.717, 1.165) is 33.8 Å². The first-order valence-corrected chi connectivity index (χ1v) is 10.00. The van der Waals surface area contributed by atoms with Gasteiger partial charge in [0.2, 0.25) is 0 Å². The van der Waals surface area contributed by atoms with Crippen molar-refractivity contribution >= 4 is 11.8 Å². The Kier molecular flexibility index (Phi) is 7.06. The molecule has 3 heteroatoms. The molecule has 0 radical (unpaired) electrons. The lowest BCUT2D eigenvalue weighted by molar-refractivity contribution is 0.573. The maximum absolute atomic E-state index is 14.5. The Morgan fingerprint density at radius 1 is 0.880 bits per heavy atom. The number of rotatable bonds is 7. The third kappa shape index (κ3) is 5.07. The summed E-state index contributed by atoms with van der Waals surface area (Å²) < 4.78 is 28.4. The zero-order valence-corrected chi connectivity index (χ0v) is 16.6. The SMILES string of the molecule is CC(C)c1cc(C(C)CCSc2cccc(C(C)C)c2F)ccc1F. The van der Waals surface area contributed by atoms with Crippen molar-refractivity contribution in [2.45, 2.75) is 63.7 Å². The fourth-order valence-corrected chi connectivity index (χ4v) is 4.02. The summed E-state index contributed by atoms with van der Waals surface area (Å²) in [5.41, 5.74) is 2.70. The highest BCUT2D eigenvalue weighted by molar-refractivity contribution is 7.99. The maximum atomic E-state index is 14.5. The van der Waals surface area contributed by atoms with Crippen molar-refractivity contribution < 1.29 is 8.78 Å². The van der Waals surface area contributed by atoms with Crippen molar-refractivity contribution in [1.29, 1.82) is 0 Å². The van der Waals surface area contributed by atoms with Crippen molar-refractivity contribution in [3.8, 4) is 0 Å². The second-order valence-corrected chi connectivity index (χ2v) is 8.42. The molecule has 1 unspecified atom stereocenters. The summed E-state index contributed by atoms with van der Waals surface area (Å²) in [6, 6.07) is 11.1. The lowest BCUT2D eigenvalue weighted by Crippen LogP contribution is -2.01. The topological polar surface area (TPSA) is 0 Å². The Labute approximate surface area is 155 Å². The largest absolute Gasteiger partial charge is 0.207 e. The maximum Gasteiger partial charge on any atom is 0.140 e. The molecule has 0 aliphatic rings. The summed E-state index contributed by atoms with van der Waals surface area (Å²) in [6.07, 6.45) is 0.930. The minimum atomic E-state index is -0.132. The minimum absolute atomic E-state index is 0.0842. The van der Waals surface area contributed by atoms with E-state index in [-0.39, 0.29) is 23.5 Å². The Balaban J connectivity index is 2.01. The molecule has 0 nitrogen and oxygen atoms in total. The molecule has 1 atom stereocenters. The van der Waals surface area contributed by atoms with Gasteiger partial charge >= 0.3 is 0 Å². The van der Waals surface area contributed by atoms with Crippen LogP contribution in [0.4, 0.5) is 8.78 Å². The van der Waals surface area contributed by atoms with Gasteiger partial charge in [-0.3, -0.25) is 0 Å². The summed E-state index contributed by atoms with van der Waals surface area (Å²) in [4.78, 5) is 0.723. The van der Waals surface area contributed by atoms with Gasteiger partial charge in [-0.05, 0) is 58.8 Å². The molecule has 0 amide bonds. The first-order chi connectivity index (χ1) is 11.8. The molecular weight excluding hydrogens is 334 g/mol. The minimum Gasteiger partial charge on any atom is -0.207 e. The number of hydrogen-bond acceptors (Lipinski definition) is 1. The molecule has 2 rings (SSSR count). The predicted octanol–water partition coefficient (Wildman–Crippen LogP) is 7.50. The molecule has 0 fully saturated rings. The van der Waals surface area contributed by atoms with Gasteiger partial charge < -0.3 is 0 Å². The molecule has 0 bridgehead atoms. The normalized spacial score (nSPS) is 12.8. The Hall–Kier alpha value is -1.35. The van der Waals surface area contributed by atoms with E-state index in [1.165, 1.54) is 0 Å². The Morgan fingerprint density at radius 2 is 1.56 bits per heavy atom. The number of halogens is 2. The molecule has 0 N–H and O–H groups in total. The third-order valence-electron chi connectivity index (χ3n) is 4.63. The molecule has 0 saturated heterocycles. The van der Waals surface area contributed by atoms with Crippen molar-refractivity contribution in [3.05, 3.63) is 64.7 Å². The fourth-order valence-electron chi connectivity index (χ4n) is 2.91. The standard InChI is InChI=1S/C22H28F2S/c1-14(2)18-7-6-8-21(22(18)24)25-12-11-16(5)17-9-10-20(23)19(13-17)15(3)4/h6-10,13-16H,11-12H2,1-5H3. The van der Waals surface area contributed by atoms with Gasteiger partial charge in [0.1, 0.15) is 11.6 Å². The van der Waals surface area contributed by atoms with Gasteiger partial charge in [-0.15, -0.1) is 11.8 Å². The highest BCUT2D eigenvalue weighted by Gasteiger charge is 2.14. The van der Waals surface area contributed by atoms with E-state index in [2.05, 4.69) is 6.92 Å². The van der Waals surface area contributed by atoms with Crippen LogP contribution < -0.4 is 0 Å². The fraction of sp³-hybridized carbons (Fsp3) is 0.455. The van der Waals surface area contributed by atoms with E-state index >= 15 is 0 Å². The van der Waals surface area contributed by atoms with Crippen LogP contribution in [0.25, 0.3) is 0 Å². The number of thioether (sulfide) groups is 1. The van der Waals surface area contributed by atoms with E-state index in [9.17, 15) is 8.78 Å². The monoisotopic (exact) mass is 362 g/mol. The van der Waals surface area contributed by atoms with E-state index in [1.54, 1.807) is 17.8 Å². The summed E-state index contributed by atoms with van der Waals surface area (Å²) in [5.74, 6) is 1.31. The van der Waals surface area contributed by atoms with E-state index in [1.807, 2.05) is 58.0 Å². The van der Waals surface area contributed by atoms with Crippen LogP contribution in [0.2, 0.25) is 0 Å². The van der Waals surface area contributed by atoms with Gasteiger partial charge in [0.15, 0.2) is 0 Å². The molecule has 0 aliphatic carbocycles. The van der Waals surface area contributed by atoms with Crippen LogP contribution in [0.1, 0.15) is 75.5 Å². The van der Waals surface area contributed by atoms with Gasteiger partial charge in [-0.1, -0.05) is 58.9 Å². The van der Waals surface area contributed by atoms with Crippen molar-refractivity contribution in [2.24, 2.45) is 0 Å². The van der Waals surface area contributed by atoms with Crippen LogP contribution in [0.15, 0.2) is 41.3 Å². The first-order valence-electron chi connectivity index (χ1n) is 9.01. The number of hydrogen-bond donors (Lipinski definition) is 0. The lowest BCUT2D eigenvalue weighted by atomic mass is 9.93. The van der Waals surface area contributed by atoms with Gasteiger partial charge in [0.25, 0.3) is 0 Å². The van der Waals surface area contributed by atoms with Crippen LogP contribution >= 0.6 is 11.8 Å². The quantitative estimate of drug-likeness (QED) is 0.460. The lowest BCUT2D eigenvalue weighted by Gasteiger charge is -2.16. The van der Waals surface area contributed by atoms with E-state index < -0.39 is 0 Å². The second-order valence-electron chi connectivity index (χ2n) is 7.29. The zero-order valence-electron chi connectivity index (χ0n) is 15.8. The van der Waals surface area contributed by atoms with Crippen LogP contribution in [0, 0.1) is 11.6 Å².